The van der Waals surface area contributed by atoms with Crippen LogP contribution in [0.5, 0.6) is 0 Å². The van der Waals surface area contributed by atoms with E-state index in [1.807, 2.05) is 16.7 Å². The summed E-state index contributed by atoms with van der Waals surface area (Å²) in [6.07, 6.45) is 3.48. The molecule has 0 aliphatic carbocycles. The van der Waals surface area contributed by atoms with Gasteiger partial charge in [-0.1, -0.05) is 24.3 Å². The molecule has 8 heteroatoms. The number of nitrogens with one attached hydrogen (secondary N) is 1. The number of nitrogens with zero attached hydrogens (tertiary/aromatic N) is 3. The third-order valence-electron chi connectivity index (χ3n) is 8.62. The molecule has 6 heterocycles. The van der Waals surface area contributed by atoms with Crippen molar-refractivity contribution in [3.63, 3.8) is 0 Å². The number of aromatic nitrogens is 1. The molecule has 4 fully saturated rings. The van der Waals surface area contributed by atoms with Gasteiger partial charge in [0.2, 0.25) is 10.0 Å². The minimum Gasteiger partial charge on any atom is -0.312 e. The van der Waals surface area contributed by atoms with Crippen LogP contribution in [0.15, 0.2) is 58.2 Å². The Morgan fingerprint density at radius 3 is 2.59 bits per heavy atom. The van der Waals surface area contributed by atoms with Crippen LogP contribution in [-0.4, -0.2) is 68.1 Å². The first-order valence-electron chi connectivity index (χ1n) is 12.7. The van der Waals surface area contributed by atoms with E-state index in [2.05, 4.69) is 20.6 Å². The molecule has 6 atom stereocenters. The van der Waals surface area contributed by atoms with E-state index < -0.39 is 10.0 Å². The molecule has 1 aromatic carbocycles. The topological polar surface area (TPSA) is 74.7 Å². The van der Waals surface area contributed by atoms with Crippen LogP contribution < -0.4 is 10.3 Å². The predicted octanol–water partition coefficient (Wildman–Crippen LogP) is 1.96. The zero-order valence-electron chi connectivity index (χ0n) is 19.6. The molecule has 5 aliphatic heterocycles. The van der Waals surface area contributed by atoms with Gasteiger partial charge in [0.15, 0.2) is 0 Å². The smallest absolute Gasteiger partial charge is 0.250 e. The molecule has 4 saturated heterocycles. The highest BCUT2D eigenvalue weighted by Gasteiger charge is 2.42. The number of pyridine rings is 1. The van der Waals surface area contributed by atoms with Crippen molar-refractivity contribution in [2.45, 2.75) is 42.7 Å². The lowest BCUT2D eigenvalue weighted by Gasteiger charge is -2.52. The van der Waals surface area contributed by atoms with Gasteiger partial charge in [-0.2, -0.15) is 0 Å². The number of hydrogen-bond donors (Lipinski definition) is 1. The summed E-state index contributed by atoms with van der Waals surface area (Å²) in [7, 11) is -3.46. The van der Waals surface area contributed by atoms with Crippen molar-refractivity contribution in [1.29, 1.82) is 0 Å². The lowest BCUT2D eigenvalue weighted by atomic mass is 9.74. The standard InChI is InChI=1S/C26H34N4O3S/c31-26-8-4-7-25-21-11-19(15-30(25)26)14-28(16-21)17-22-18-29-10-9-20(22)12-23(29)13-27-34(32,33)24-5-2-1-3-6-24/h1-8,19-23,27H,9-18H2/t19-,20-,21-,22+,23+/m1/s1. The Morgan fingerprint density at radius 1 is 0.941 bits per heavy atom. The highest BCUT2D eigenvalue weighted by atomic mass is 32.2. The highest BCUT2D eigenvalue weighted by molar-refractivity contribution is 7.89. The largest absolute Gasteiger partial charge is 0.312 e. The lowest BCUT2D eigenvalue weighted by Crippen LogP contribution is -2.59. The van der Waals surface area contributed by atoms with Crippen LogP contribution in [0.25, 0.3) is 0 Å². The van der Waals surface area contributed by atoms with Crippen LogP contribution in [0.2, 0.25) is 0 Å². The number of hydrogen-bond acceptors (Lipinski definition) is 5. The van der Waals surface area contributed by atoms with Crippen molar-refractivity contribution in [2.75, 3.05) is 39.3 Å². The van der Waals surface area contributed by atoms with Crippen molar-refractivity contribution in [3.05, 3.63) is 64.6 Å². The van der Waals surface area contributed by atoms with Gasteiger partial charge in [-0.15, -0.1) is 0 Å². The van der Waals surface area contributed by atoms with Crippen LogP contribution in [0.4, 0.5) is 0 Å². The molecular weight excluding hydrogens is 448 g/mol. The number of rotatable bonds is 6. The second-order valence-electron chi connectivity index (χ2n) is 10.8. The molecular formula is C26H34N4O3S. The molecule has 34 heavy (non-hydrogen) atoms. The van der Waals surface area contributed by atoms with E-state index >= 15 is 0 Å². The maximum absolute atomic E-state index is 12.7. The maximum atomic E-state index is 12.7. The van der Waals surface area contributed by atoms with E-state index in [0.29, 0.717) is 35.1 Å². The van der Waals surface area contributed by atoms with Crippen LogP contribution >= 0.6 is 0 Å². The molecule has 1 N–H and O–H groups in total. The number of piperidine rings is 4. The summed E-state index contributed by atoms with van der Waals surface area (Å²) in [5, 5.41) is 0. The van der Waals surface area contributed by atoms with Gasteiger partial charge in [0, 0.05) is 63.0 Å². The van der Waals surface area contributed by atoms with Crippen molar-refractivity contribution in [1.82, 2.24) is 19.1 Å². The van der Waals surface area contributed by atoms with Gasteiger partial charge in [-0.3, -0.25) is 9.69 Å². The summed E-state index contributed by atoms with van der Waals surface area (Å²) in [6, 6.07) is 14.7. The minimum absolute atomic E-state index is 0.145. The molecule has 7 nitrogen and oxygen atoms in total. The second kappa shape index (κ2) is 8.90. The summed E-state index contributed by atoms with van der Waals surface area (Å²) >= 11 is 0. The van der Waals surface area contributed by atoms with Crippen LogP contribution in [0.3, 0.4) is 0 Å². The van der Waals surface area contributed by atoms with Crippen molar-refractivity contribution in [3.8, 4) is 0 Å². The summed E-state index contributed by atoms with van der Waals surface area (Å²) in [4.78, 5) is 17.8. The summed E-state index contributed by atoms with van der Waals surface area (Å²) in [5.74, 6) is 2.33. The maximum Gasteiger partial charge on any atom is 0.250 e. The van der Waals surface area contributed by atoms with E-state index in [0.717, 1.165) is 45.7 Å². The molecule has 4 bridgehead atoms. The fraction of sp³-hybridized carbons (Fsp3) is 0.577. The van der Waals surface area contributed by atoms with Gasteiger partial charge in [-0.25, -0.2) is 13.1 Å². The summed E-state index contributed by atoms with van der Waals surface area (Å²) in [6.45, 7) is 6.72. The molecule has 0 amide bonds. The number of sulfonamides is 1. The van der Waals surface area contributed by atoms with E-state index in [1.165, 1.54) is 18.5 Å². The first kappa shape index (κ1) is 22.5. The Hall–Kier alpha value is -2.00. The molecule has 182 valence electrons. The third-order valence-corrected chi connectivity index (χ3v) is 10.1. The van der Waals surface area contributed by atoms with E-state index in [4.69, 9.17) is 0 Å². The first-order chi connectivity index (χ1) is 16.5. The van der Waals surface area contributed by atoms with E-state index in [-0.39, 0.29) is 11.6 Å². The van der Waals surface area contributed by atoms with Gasteiger partial charge in [0.05, 0.1) is 4.90 Å². The van der Waals surface area contributed by atoms with E-state index in [9.17, 15) is 13.2 Å². The molecule has 1 aromatic heterocycles. The molecule has 1 unspecified atom stereocenters. The highest BCUT2D eigenvalue weighted by Crippen LogP contribution is 2.39. The third kappa shape index (κ3) is 4.26. The SMILES string of the molecule is O=c1cccc2n1C[C@@H]1C[C@@H]2CN(C[C@H]2CN3CC[C@@H]2C[C@H]3CNS(=O)(=O)c2ccccc2)C1. The molecule has 0 spiro atoms. The predicted molar refractivity (Wildman–Crippen MR) is 131 cm³/mol. The minimum atomic E-state index is -3.46. The normalized spacial score (nSPS) is 32.9. The molecule has 0 saturated carbocycles. The Kier molecular flexibility index (Phi) is 5.88. The van der Waals surface area contributed by atoms with Crippen molar-refractivity contribution >= 4 is 10.0 Å². The first-order valence-corrected chi connectivity index (χ1v) is 14.2. The van der Waals surface area contributed by atoms with E-state index in [1.54, 1.807) is 30.3 Å². The average Bonchev–Trinajstić information content (AvgIpc) is 2.85. The zero-order valence-corrected chi connectivity index (χ0v) is 20.4. The van der Waals surface area contributed by atoms with Crippen molar-refractivity contribution < 1.29 is 8.42 Å². The van der Waals surface area contributed by atoms with Crippen molar-refractivity contribution in [2.24, 2.45) is 17.8 Å². The van der Waals surface area contributed by atoms with Gasteiger partial charge < -0.3 is 9.47 Å². The van der Waals surface area contributed by atoms with Crippen LogP contribution in [-0.2, 0) is 16.6 Å². The molecule has 7 rings (SSSR count). The monoisotopic (exact) mass is 482 g/mol. The van der Waals surface area contributed by atoms with Gasteiger partial charge in [0.25, 0.3) is 5.56 Å². The Morgan fingerprint density at radius 2 is 1.79 bits per heavy atom. The Labute approximate surface area is 201 Å². The van der Waals surface area contributed by atoms with Crippen LogP contribution in [0.1, 0.15) is 30.9 Å². The second-order valence-corrected chi connectivity index (χ2v) is 12.5. The molecule has 0 radical (unpaired) electrons. The van der Waals surface area contributed by atoms with Gasteiger partial charge in [-0.05, 0) is 61.8 Å². The Balaban J connectivity index is 1.07. The fourth-order valence-electron chi connectivity index (χ4n) is 7.03. The van der Waals surface area contributed by atoms with Crippen LogP contribution in [0, 0.1) is 17.8 Å². The fourth-order valence-corrected chi connectivity index (χ4v) is 8.13. The van der Waals surface area contributed by atoms with Gasteiger partial charge in [0.1, 0.15) is 0 Å². The number of benzene rings is 1. The number of fused-ring (bicyclic) bond motifs is 7. The van der Waals surface area contributed by atoms with Gasteiger partial charge >= 0.3 is 0 Å². The lowest BCUT2D eigenvalue weighted by molar-refractivity contribution is -0.0187. The summed E-state index contributed by atoms with van der Waals surface area (Å²) in [5.41, 5.74) is 1.36. The average molecular weight is 483 g/mol. The Bertz CT molecular complexity index is 1200. The quantitative estimate of drug-likeness (QED) is 0.681. The molecule has 5 aliphatic rings. The summed E-state index contributed by atoms with van der Waals surface area (Å²) < 4.78 is 30.2. The number of likely N-dealkylation sites (tertiary alicyclic amines) is 1. The molecule has 2 aromatic rings. The zero-order chi connectivity index (χ0) is 23.3.